The van der Waals surface area contributed by atoms with Crippen molar-refractivity contribution in [2.24, 2.45) is 17.8 Å². The molecule has 0 unspecified atom stereocenters. The van der Waals surface area contributed by atoms with Crippen molar-refractivity contribution < 1.29 is 24.5 Å². The van der Waals surface area contributed by atoms with Gasteiger partial charge < -0.3 is 14.9 Å². The van der Waals surface area contributed by atoms with E-state index in [4.69, 9.17) is 14.9 Å². The van der Waals surface area contributed by atoms with Crippen molar-refractivity contribution in [2.75, 3.05) is 6.61 Å². The Kier molecular flexibility index (Phi) is 5.28. The van der Waals surface area contributed by atoms with Crippen LogP contribution in [0.2, 0.25) is 0 Å². The number of aliphatic carboxylic acids is 2. The van der Waals surface area contributed by atoms with Crippen LogP contribution in [0, 0.1) is 17.8 Å². The molecule has 5 heteroatoms. The molecule has 2 N–H and O–H groups in total. The van der Waals surface area contributed by atoms with Crippen LogP contribution in [0.25, 0.3) is 17.2 Å². The molecule has 5 nitrogen and oxygen atoms in total. The molecule has 0 spiro atoms. The SMILES string of the molecule is O=C(O)/C=C/c1ccc(-c2ccc(OCC(=O)O)c(C34CC5CC(CC(C5)C3)C4)c2)cc1. The average Bonchev–Trinajstić information content (AvgIpc) is 2.75. The van der Waals surface area contributed by atoms with Crippen LogP contribution in [0.5, 0.6) is 5.75 Å². The number of rotatable bonds is 7. The Hall–Kier alpha value is -3.08. The second-order valence-corrected chi connectivity index (χ2v) is 9.88. The average molecular weight is 433 g/mol. The first-order valence-electron chi connectivity index (χ1n) is 11.4. The van der Waals surface area contributed by atoms with Crippen molar-refractivity contribution in [1.29, 1.82) is 0 Å². The van der Waals surface area contributed by atoms with Gasteiger partial charge in [0.1, 0.15) is 5.75 Å². The summed E-state index contributed by atoms with van der Waals surface area (Å²) >= 11 is 0. The molecule has 0 heterocycles. The Morgan fingerprint density at radius 2 is 1.50 bits per heavy atom. The van der Waals surface area contributed by atoms with E-state index in [9.17, 15) is 9.59 Å². The summed E-state index contributed by atoms with van der Waals surface area (Å²) in [5, 5.41) is 18.0. The summed E-state index contributed by atoms with van der Waals surface area (Å²) in [5.74, 6) is 1.11. The van der Waals surface area contributed by atoms with Gasteiger partial charge in [0.25, 0.3) is 0 Å². The van der Waals surface area contributed by atoms with Gasteiger partial charge in [-0.3, -0.25) is 0 Å². The zero-order valence-electron chi connectivity index (χ0n) is 18.0. The Balaban J connectivity index is 1.51. The van der Waals surface area contributed by atoms with Gasteiger partial charge in [-0.05, 0) is 96.6 Å². The van der Waals surface area contributed by atoms with Crippen molar-refractivity contribution in [3.63, 3.8) is 0 Å². The van der Waals surface area contributed by atoms with Crippen molar-refractivity contribution >= 4 is 18.0 Å². The molecule has 0 atom stereocenters. The van der Waals surface area contributed by atoms with Crippen LogP contribution >= 0.6 is 0 Å². The molecule has 2 aromatic carbocycles. The number of benzene rings is 2. The summed E-state index contributed by atoms with van der Waals surface area (Å²) in [7, 11) is 0. The van der Waals surface area contributed by atoms with E-state index in [1.807, 2.05) is 36.4 Å². The molecule has 0 aromatic heterocycles. The first-order chi connectivity index (χ1) is 15.4. The standard InChI is InChI=1S/C27H28O5/c28-25(29)8-3-17-1-4-21(5-2-17)22-6-7-24(32-16-26(30)31)23(12-22)27-13-18-9-19(14-27)11-20(10-18)15-27/h1-8,12,18-20H,9-11,13-16H2,(H,28,29)(H,30,31)/b8-3+. The largest absolute Gasteiger partial charge is 0.482 e. The lowest BCUT2D eigenvalue weighted by Crippen LogP contribution is -2.48. The predicted molar refractivity (Wildman–Crippen MR) is 122 cm³/mol. The van der Waals surface area contributed by atoms with E-state index >= 15 is 0 Å². The van der Waals surface area contributed by atoms with Crippen LogP contribution < -0.4 is 4.74 Å². The van der Waals surface area contributed by atoms with Gasteiger partial charge in [-0.1, -0.05) is 30.3 Å². The quantitative estimate of drug-likeness (QED) is 0.574. The molecule has 2 aromatic rings. The van der Waals surface area contributed by atoms with Crippen LogP contribution in [-0.4, -0.2) is 28.8 Å². The van der Waals surface area contributed by atoms with Crippen molar-refractivity contribution in [1.82, 2.24) is 0 Å². The highest BCUT2D eigenvalue weighted by Crippen LogP contribution is 2.62. The van der Waals surface area contributed by atoms with Crippen molar-refractivity contribution in [2.45, 2.75) is 43.9 Å². The third-order valence-electron chi connectivity index (χ3n) is 7.60. The minimum atomic E-state index is -0.966. The van der Waals surface area contributed by atoms with Gasteiger partial charge in [0.15, 0.2) is 6.61 Å². The zero-order valence-corrected chi connectivity index (χ0v) is 18.0. The van der Waals surface area contributed by atoms with Crippen LogP contribution in [0.15, 0.2) is 48.5 Å². The second-order valence-electron chi connectivity index (χ2n) is 9.88. The maximum Gasteiger partial charge on any atom is 0.341 e. The zero-order chi connectivity index (χ0) is 22.3. The molecule has 4 bridgehead atoms. The normalized spacial score (nSPS) is 28.2. The monoisotopic (exact) mass is 432 g/mol. The topological polar surface area (TPSA) is 83.8 Å². The summed E-state index contributed by atoms with van der Waals surface area (Å²) in [5.41, 5.74) is 4.22. The van der Waals surface area contributed by atoms with Crippen molar-refractivity contribution in [3.05, 3.63) is 59.7 Å². The predicted octanol–water partition coefficient (Wildman–Crippen LogP) is 5.38. The van der Waals surface area contributed by atoms with Gasteiger partial charge in [-0.2, -0.15) is 0 Å². The van der Waals surface area contributed by atoms with Gasteiger partial charge in [-0.15, -0.1) is 0 Å². The number of ether oxygens (including phenoxy) is 1. The van der Waals surface area contributed by atoms with Crippen LogP contribution in [-0.2, 0) is 15.0 Å². The Morgan fingerprint density at radius 1 is 0.906 bits per heavy atom. The van der Waals surface area contributed by atoms with Crippen LogP contribution in [0.4, 0.5) is 0 Å². The molecule has 32 heavy (non-hydrogen) atoms. The number of carboxylic acid groups (broad SMARTS) is 2. The molecule has 0 saturated heterocycles. The lowest BCUT2D eigenvalue weighted by atomic mass is 9.48. The summed E-state index contributed by atoms with van der Waals surface area (Å²) in [6.07, 6.45) is 10.3. The van der Waals surface area contributed by atoms with Gasteiger partial charge in [0.2, 0.25) is 0 Å². The van der Waals surface area contributed by atoms with E-state index in [0.717, 1.165) is 40.5 Å². The van der Waals surface area contributed by atoms with E-state index in [1.165, 1.54) is 44.1 Å². The highest BCUT2D eigenvalue weighted by Gasteiger charge is 2.52. The van der Waals surface area contributed by atoms with Gasteiger partial charge in [-0.25, -0.2) is 9.59 Å². The summed E-state index contributed by atoms with van der Waals surface area (Å²) < 4.78 is 5.79. The van der Waals surface area contributed by atoms with E-state index < -0.39 is 11.9 Å². The van der Waals surface area contributed by atoms with E-state index in [-0.39, 0.29) is 12.0 Å². The molecule has 4 fully saturated rings. The van der Waals surface area contributed by atoms with E-state index in [0.29, 0.717) is 5.75 Å². The highest BCUT2D eigenvalue weighted by molar-refractivity contribution is 5.85. The smallest absolute Gasteiger partial charge is 0.341 e. The maximum absolute atomic E-state index is 11.2. The fourth-order valence-electron chi connectivity index (χ4n) is 6.78. The molecule has 4 saturated carbocycles. The fourth-order valence-corrected chi connectivity index (χ4v) is 6.78. The molecule has 4 aliphatic carbocycles. The summed E-state index contributed by atoms with van der Waals surface area (Å²) in [6, 6.07) is 14.0. The molecule has 0 aliphatic heterocycles. The minimum absolute atomic E-state index is 0.0861. The molecule has 166 valence electrons. The fraction of sp³-hybridized carbons (Fsp3) is 0.407. The number of hydrogen-bond acceptors (Lipinski definition) is 3. The molecule has 0 amide bonds. The Labute approximate surface area is 187 Å². The highest BCUT2D eigenvalue weighted by atomic mass is 16.5. The molecular formula is C27H28O5. The molecule has 0 radical (unpaired) electrons. The molecule has 4 aliphatic rings. The maximum atomic E-state index is 11.2. The van der Waals surface area contributed by atoms with Gasteiger partial charge in [0.05, 0.1) is 0 Å². The first-order valence-corrected chi connectivity index (χ1v) is 11.4. The number of hydrogen-bond donors (Lipinski definition) is 2. The second kappa shape index (κ2) is 8.12. The van der Waals surface area contributed by atoms with E-state index in [2.05, 4.69) is 6.07 Å². The number of carboxylic acids is 2. The molecular weight excluding hydrogens is 404 g/mol. The first kappa shape index (κ1) is 20.8. The third kappa shape index (κ3) is 4.04. The Bertz CT molecular complexity index is 1030. The van der Waals surface area contributed by atoms with Gasteiger partial charge >= 0.3 is 11.9 Å². The third-order valence-corrected chi connectivity index (χ3v) is 7.60. The lowest BCUT2D eigenvalue weighted by Gasteiger charge is -2.57. The van der Waals surface area contributed by atoms with Gasteiger partial charge in [0, 0.05) is 11.6 Å². The number of carbonyl (C=O) groups is 2. The Morgan fingerprint density at radius 3 is 2.06 bits per heavy atom. The van der Waals surface area contributed by atoms with Crippen LogP contribution in [0.1, 0.15) is 49.7 Å². The summed E-state index contributed by atoms with van der Waals surface area (Å²) in [4.78, 5) is 21.9. The van der Waals surface area contributed by atoms with Crippen molar-refractivity contribution in [3.8, 4) is 16.9 Å². The minimum Gasteiger partial charge on any atom is -0.482 e. The van der Waals surface area contributed by atoms with Crippen LogP contribution in [0.3, 0.4) is 0 Å². The molecule has 6 rings (SSSR count). The summed E-state index contributed by atoms with van der Waals surface area (Å²) in [6.45, 7) is -0.330. The lowest BCUT2D eigenvalue weighted by molar-refractivity contribution is -0.139. The van der Waals surface area contributed by atoms with E-state index in [1.54, 1.807) is 6.08 Å².